The molecule has 0 unspecified atom stereocenters. The topological polar surface area (TPSA) is 80.9 Å². The van der Waals surface area contributed by atoms with Crippen LogP contribution in [0, 0.1) is 6.92 Å². The predicted molar refractivity (Wildman–Crippen MR) is 70.0 cm³/mol. The van der Waals surface area contributed by atoms with E-state index in [1.165, 1.54) is 23.1 Å². The number of carbonyl (C=O) groups excluding carboxylic acids is 1. The lowest BCUT2D eigenvalue weighted by molar-refractivity contribution is 0.101. The second kappa shape index (κ2) is 5.78. The Morgan fingerprint density at radius 1 is 1.67 bits per heavy atom. The molecule has 0 saturated carbocycles. The minimum Gasteiger partial charge on any atom is -0.361 e. The van der Waals surface area contributed by atoms with Gasteiger partial charge in [-0.3, -0.25) is 10.1 Å². The Hall–Kier alpha value is -1.67. The Morgan fingerprint density at radius 2 is 2.50 bits per heavy atom. The van der Waals surface area contributed by atoms with E-state index in [2.05, 4.69) is 27.2 Å². The van der Waals surface area contributed by atoms with E-state index in [9.17, 15) is 4.79 Å². The van der Waals surface area contributed by atoms with Crippen LogP contribution in [0.1, 0.15) is 16.2 Å². The minimum atomic E-state index is -0.358. The summed E-state index contributed by atoms with van der Waals surface area (Å²) in [5.41, 5.74) is 0.225. The summed E-state index contributed by atoms with van der Waals surface area (Å²) in [6.07, 6.45) is 1.78. The zero-order chi connectivity index (χ0) is 13.0. The number of nitrogens with one attached hydrogen (secondary N) is 1. The monoisotopic (exact) mass is 282 g/mol. The number of carbonyl (C=O) groups is 1. The molecule has 94 valence electrons. The highest BCUT2D eigenvalue weighted by molar-refractivity contribution is 8.01. The van der Waals surface area contributed by atoms with Gasteiger partial charge in [0.25, 0.3) is 5.91 Å². The molecule has 0 aliphatic heterocycles. The van der Waals surface area contributed by atoms with Gasteiger partial charge in [0.1, 0.15) is 5.76 Å². The first-order valence-corrected chi connectivity index (χ1v) is 6.81. The SMILES string of the molecule is C=CCSc1nnc(NC(=O)c2cc(C)on2)s1. The van der Waals surface area contributed by atoms with E-state index in [0.717, 1.165) is 10.1 Å². The number of aryl methyl sites for hydroxylation is 1. The molecule has 0 aromatic carbocycles. The second-order valence-electron chi connectivity index (χ2n) is 3.25. The summed E-state index contributed by atoms with van der Waals surface area (Å²) < 4.78 is 5.60. The summed E-state index contributed by atoms with van der Waals surface area (Å²) in [4.78, 5) is 11.7. The lowest BCUT2D eigenvalue weighted by Gasteiger charge is -1.94. The van der Waals surface area contributed by atoms with Gasteiger partial charge < -0.3 is 4.52 Å². The molecule has 8 heteroatoms. The predicted octanol–water partition coefficient (Wildman–Crippen LogP) is 2.36. The number of hydrogen-bond acceptors (Lipinski definition) is 7. The van der Waals surface area contributed by atoms with Gasteiger partial charge in [-0.2, -0.15) is 0 Å². The van der Waals surface area contributed by atoms with Crippen molar-refractivity contribution in [2.75, 3.05) is 11.1 Å². The van der Waals surface area contributed by atoms with E-state index >= 15 is 0 Å². The van der Waals surface area contributed by atoms with Crippen molar-refractivity contribution in [1.82, 2.24) is 15.4 Å². The molecule has 0 spiro atoms. The highest BCUT2D eigenvalue weighted by atomic mass is 32.2. The van der Waals surface area contributed by atoms with Crippen molar-refractivity contribution in [1.29, 1.82) is 0 Å². The molecule has 2 rings (SSSR count). The third-order valence-electron chi connectivity index (χ3n) is 1.81. The summed E-state index contributed by atoms with van der Waals surface area (Å²) in [5.74, 6) is 0.980. The number of aromatic nitrogens is 3. The van der Waals surface area contributed by atoms with Crippen LogP contribution in [0.3, 0.4) is 0 Å². The fourth-order valence-electron chi connectivity index (χ4n) is 1.08. The maximum absolute atomic E-state index is 11.7. The van der Waals surface area contributed by atoms with E-state index in [0.29, 0.717) is 10.9 Å². The van der Waals surface area contributed by atoms with Crippen LogP contribution in [0.5, 0.6) is 0 Å². The Labute approximate surface area is 111 Å². The van der Waals surface area contributed by atoms with Gasteiger partial charge in [0, 0.05) is 11.8 Å². The number of thioether (sulfide) groups is 1. The van der Waals surface area contributed by atoms with Crippen LogP contribution in [0.2, 0.25) is 0 Å². The zero-order valence-corrected chi connectivity index (χ0v) is 11.2. The average molecular weight is 282 g/mol. The summed E-state index contributed by atoms with van der Waals surface area (Å²) in [7, 11) is 0. The molecule has 0 aliphatic rings. The van der Waals surface area contributed by atoms with E-state index in [1.807, 2.05) is 0 Å². The number of amides is 1. The first-order valence-electron chi connectivity index (χ1n) is 5.01. The van der Waals surface area contributed by atoms with Crippen molar-refractivity contribution in [3.8, 4) is 0 Å². The molecule has 2 heterocycles. The highest BCUT2D eigenvalue weighted by Crippen LogP contribution is 2.25. The standard InChI is InChI=1S/C10H10N4O2S2/c1-3-4-17-10-13-12-9(18-10)11-8(15)7-5-6(2)16-14-7/h3,5H,1,4H2,2H3,(H,11,12,15). The number of hydrogen-bond donors (Lipinski definition) is 1. The molecule has 6 nitrogen and oxygen atoms in total. The molecule has 0 radical (unpaired) electrons. The Morgan fingerprint density at radius 3 is 3.17 bits per heavy atom. The lowest BCUT2D eigenvalue weighted by Crippen LogP contribution is -2.11. The Bertz CT molecular complexity index is 564. The summed E-state index contributed by atoms with van der Waals surface area (Å²) in [6.45, 7) is 5.34. The third kappa shape index (κ3) is 3.17. The Balaban J connectivity index is 1.98. The van der Waals surface area contributed by atoms with Crippen molar-refractivity contribution >= 4 is 34.1 Å². The van der Waals surface area contributed by atoms with Gasteiger partial charge in [0.2, 0.25) is 5.13 Å². The van der Waals surface area contributed by atoms with E-state index < -0.39 is 0 Å². The van der Waals surface area contributed by atoms with Gasteiger partial charge >= 0.3 is 0 Å². The van der Waals surface area contributed by atoms with Crippen LogP contribution in [0.4, 0.5) is 5.13 Å². The van der Waals surface area contributed by atoms with Gasteiger partial charge in [-0.05, 0) is 6.92 Å². The van der Waals surface area contributed by atoms with Gasteiger partial charge in [0.15, 0.2) is 10.0 Å². The average Bonchev–Trinajstić information content (AvgIpc) is 2.96. The molecule has 0 aliphatic carbocycles. The maximum atomic E-state index is 11.7. The maximum Gasteiger partial charge on any atom is 0.279 e. The minimum absolute atomic E-state index is 0.225. The molecule has 1 amide bonds. The van der Waals surface area contributed by atoms with E-state index in [1.54, 1.807) is 19.1 Å². The number of nitrogens with zero attached hydrogens (tertiary/aromatic N) is 3. The van der Waals surface area contributed by atoms with Crippen LogP contribution in [0.15, 0.2) is 27.6 Å². The van der Waals surface area contributed by atoms with Crippen LogP contribution < -0.4 is 5.32 Å². The van der Waals surface area contributed by atoms with Crippen LogP contribution in [-0.4, -0.2) is 27.0 Å². The second-order valence-corrected chi connectivity index (χ2v) is 5.49. The molecular weight excluding hydrogens is 272 g/mol. The van der Waals surface area contributed by atoms with Crippen LogP contribution in [0.25, 0.3) is 0 Å². The molecule has 0 saturated heterocycles. The molecule has 2 aromatic rings. The van der Waals surface area contributed by atoms with E-state index in [4.69, 9.17) is 4.52 Å². The summed E-state index contributed by atoms with van der Waals surface area (Å²) >= 11 is 2.81. The Kier molecular flexibility index (Phi) is 4.11. The quantitative estimate of drug-likeness (QED) is 0.515. The molecule has 18 heavy (non-hydrogen) atoms. The molecule has 0 atom stereocenters. The van der Waals surface area contributed by atoms with Gasteiger partial charge in [-0.1, -0.05) is 34.3 Å². The molecule has 0 fully saturated rings. The van der Waals surface area contributed by atoms with Gasteiger partial charge in [0.05, 0.1) is 0 Å². The number of rotatable bonds is 5. The van der Waals surface area contributed by atoms with Crippen LogP contribution in [-0.2, 0) is 0 Å². The summed E-state index contributed by atoms with van der Waals surface area (Å²) in [6, 6.07) is 1.56. The molecule has 1 N–H and O–H groups in total. The zero-order valence-electron chi connectivity index (χ0n) is 9.54. The third-order valence-corrected chi connectivity index (χ3v) is 3.78. The lowest BCUT2D eigenvalue weighted by atomic mass is 10.4. The molecule has 2 aromatic heterocycles. The molecular formula is C10H10N4O2S2. The fourth-order valence-corrected chi connectivity index (χ4v) is 2.59. The molecule has 0 bridgehead atoms. The smallest absolute Gasteiger partial charge is 0.279 e. The van der Waals surface area contributed by atoms with Gasteiger partial charge in [-0.15, -0.1) is 16.8 Å². The van der Waals surface area contributed by atoms with Crippen LogP contribution >= 0.6 is 23.1 Å². The van der Waals surface area contributed by atoms with Crippen molar-refractivity contribution in [2.24, 2.45) is 0 Å². The van der Waals surface area contributed by atoms with Gasteiger partial charge in [-0.25, -0.2) is 0 Å². The normalized spacial score (nSPS) is 10.3. The number of anilines is 1. The highest BCUT2D eigenvalue weighted by Gasteiger charge is 2.13. The van der Waals surface area contributed by atoms with Crippen molar-refractivity contribution in [2.45, 2.75) is 11.3 Å². The summed E-state index contributed by atoms with van der Waals surface area (Å²) in [5, 5.41) is 14.5. The van der Waals surface area contributed by atoms with Crippen molar-refractivity contribution < 1.29 is 9.32 Å². The first-order chi connectivity index (χ1) is 8.69. The fraction of sp³-hybridized carbons (Fsp3) is 0.200. The van der Waals surface area contributed by atoms with Crippen molar-refractivity contribution in [3.63, 3.8) is 0 Å². The van der Waals surface area contributed by atoms with Crippen molar-refractivity contribution in [3.05, 3.63) is 30.2 Å². The largest absolute Gasteiger partial charge is 0.361 e. The van der Waals surface area contributed by atoms with E-state index in [-0.39, 0.29) is 11.6 Å². The first kappa shape index (κ1) is 12.8.